The first-order chi connectivity index (χ1) is 18.7. The van der Waals surface area contributed by atoms with Crippen molar-refractivity contribution in [3.8, 4) is 5.69 Å². The van der Waals surface area contributed by atoms with E-state index < -0.39 is 16.0 Å². The third-order valence-corrected chi connectivity index (χ3v) is 7.44. The number of benzene rings is 2. The summed E-state index contributed by atoms with van der Waals surface area (Å²) in [5.41, 5.74) is 4.78. The number of methoxy groups -OCH3 is 1. The Balaban J connectivity index is 1.66. The van der Waals surface area contributed by atoms with E-state index in [4.69, 9.17) is 17.0 Å². The van der Waals surface area contributed by atoms with Gasteiger partial charge < -0.3 is 19.5 Å². The number of nitrogens with one attached hydrogen (secondary N) is 2. The number of hydrogen-bond acceptors (Lipinski definition) is 6. The molecule has 1 saturated heterocycles. The van der Waals surface area contributed by atoms with E-state index in [1.807, 2.05) is 77.2 Å². The number of rotatable bonds is 7. The van der Waals surface area contributed by atoms with Crippen LogP contribution in [0.1, 0.15) is 39.4 Å². The van der Waals surface area contributed by atoms with Crippen LogP contribution in [0.15, 0.2) is 85.2 Å². The Morgan fingerprint density at radius 2 is 1.85 bits per heavy atom. The predicted octanol–water partition coefficient (Wildman–Crippen LogP) is 4.52. The van der Waals surface area contributed by atoms with Crippen molar-refractivity contribution in [3.05, 3.63) is 108 Å². The molecule has 1 fully saturated rings. The van der Waals surface area contributed by atoms with Gasteiger partial charge in [-0.3, -0.25) is 9.71 Å². The molecule has 200 valence electrons. The Labute approximate surface area is 232 Å². The molecule has 2 atom stereocenters. The fourth-order valence-electron chi connectivity index (χ4n) is 4.87. The normalized spacial score (nSPS) is 17.1. The third kappa shape index (κ3) is 5.23. The summed E-state index contributed by atoms with van der Waals surface area (Å²) in [6.07, 6.45) is 4.76. The van der Waals surface area contributed by atoms with Gasteiger partial charge in [-0.15, -0.1) is 0 Å². The van der Waals surface area contributed by atoms with Crippen molar-refractivity contribution in [2.75, 3.05) is 23.0 Å². The highest BCUT2D eigenvalue weighted by atomic mass is 32.2. The second-order valence-corrected chi connectivity index (χ2v) is 11.3. The number of anilines is 2. The summed E-state index contributed by atoms with van der Waals surface area (Å²) in [4.78, 5) is 19.2. The maximum Gasteiger partial charge on any atom is 0.339 e. The molecule has 0 aliphatic carbocycles. The summed E-state index contributed by atoms with van der Waals surface area (Å²) in [6.45, 7) is 1.84. The number of pyridine rings is 1. The molecule has 0 spiro atoms. The van der Waals surface area contributed by atoms with Crippen molar-refractivity contribution >= 4 is 44.7 Å². The van der Waals surface area contributed by atoms with E-state index in [0.29, 0.717) is 22.1 Å². The lowest BCUT2D eigenvalue weighted by molar-refractivity contribution is 0.0600. The predicted molar refractivity (Wildman–Crippen MR) is 155 cm³/mol. The first-order valence-electron chi connectivity index (χ1n) is 12.1. The Bertz CT molecular complexity index is 1650. The second-order valence-electron chi connectivity index (χ2n) is 9.18. The van der Waals surface area contributed by atoms with Crippen LogP contribution in [0.25, 0.3) is 5.69 Å². The van der Waals surface area contributed by atoms with Crippen molar-refractivity contribution in [1.82, 2.24) is 14.9 Å². The lowest BCUT2D eigenvalue weighted by Crippen LogP contribution is -2.30. The van der Waals surface area contributed by atoms with Crippen LogP contribution in [0.2, 0.25) is 0 Å². The van der Waals surface area contributed by atoms with Crippen molar-refractivity contribution in [2.45, 2.75) is 19.0 Å². The van der Waals surface area contributed by atoms with Gasteiger partial charge in [0.05, 0.1) is 42.0 Å². The molecule has 11 heteroatoms. The van der Waals surface area contributed by atoms with Crippen molar-refractivity contribution in [1.29, 1.82) is 0 Å². The largest absolute Gasteiger partial charge is 0.465 e. The molecule has 2 N–H and O–H groups in total. The molecule has 9 nitrogen and oxygen atoms in total. The quantitative estimate of drug-likeness (QED) is 0.251. The average molecular weight is 562 g/mol. The van der Waals surface area contributed by atoms with E-state index in [1.165, 1.54) is 7.11 Å². The maximum atomic E-state index is 12.6. The Kier molecular flexibility index (Phi) is 7.11. The van der Waals surface area contributed by atoms with Gasteiger partial charge in [0.25, 0.3) is 0 Å². The molecule has 2 aromatic carbocycles. The Hall–Kier alpha value is -4.22. The zero-order chi connectivity index (χ0) is 27.7. The minimum Gasteiger partial charge on any atom is -0.465 e. The topological polar surface area (TPSA) is 106 Å². The van der Waals surface area contributed by atoms with Gasteiger partial charge in [0.15, 0.2) is 5.11 Å². The van der Waals surface area contributed by atoms with Crippen molar-refractivity contribution in [2.24, 2.45) is 0 Å². The summed E-state index contributed by atoms with van der Waals surface area (Å²) in [5.74, 6) is -0.437. The van der Waals surface area contributed by atoms with Gasteiger partial charge in [-0.2, -0.15) is 0 Å². The number of sulfonamides is 1. The molecular formula is C28H27N5O4S2. The molecule has 5 rings (SSSR count). The molecule has 0 bridgehead atoms. The van der Waals surface area contributed by atoms with Crippen LogP contribution in [0.5, 0.6) is 0 Å². The highest BCUT2D eigenvalue weighted by Gasteiger charge is 2.42. The van der Waals surface area contributed by atoms with Crippen LogP contribution in [-0.2, 0) is 14.8 Å². The molecule has 0 saturated carbocycles. The lowest BCUT2D eigenvalue weighted by Gasteiger charge is -2.29. The van der Waals surface area contributed by atoms with E-state index >= 15 is 0 Å². The average Bonchev–Trinajstić information content (AvgIpc) is 3.53. The molecule has 2 aromatic heterocycles. The van der Waals surface area contributed by atoms with Gasteiger partial charge in [0, 0.05) is 23.8 Å². The summed E-state index contributed by atoms with van der Waals surface area (Å²) in [6, 6.07) is 21.7. The van der Waals surface area contributed by atoms with Crippen LogP contribution in [0.4, 0.5) is 11.4 Å². The smallest absolute Gasteiger partial charge is 0.339 e. The van der Waals surface area contributed by atoms with E-state index in [-0.39, 0.29) is 12.1 Å². The standard InChI is InChI=1S/C28H27N5O4S2/c1-18-17-19(13-14-21(18)31-39(3,35)36)33-26(25(30-28(33)38)22-10-6-7-15-29-22)24-12-8-16-32(24)23-11-5-4-9-20(23)27(34)37-2/h4-17,25-26,31H,1-3H3,(H,30,38)/t25-,26+/m1/s1. The van der Waals surface area contributed by atoms with E-state index in [1.54, 1.807) is 24.4 Å². The van der Waals surface area contributed by atoms with E-state index in [9.17, 15) is 13.2 Å². The van der Waals surface area contributed by atoms with Gasteiger partial charge >= 0.3 is 5.97 Å². The molecule has 1 aliphatic rings. The summed E-state index contributed by atoms with van der Waals surface area (Å²) >= 11 is 5.85. The lowest BCUT2D eigenvalue weighted by atomic mass is 10.00. The number of thiocarbonyl (C=S) groups is 1. The SMILES string of the molecule is COC(=O)c1ccccc1-n1cccc1[C@H]1[C@@H](c2ccccn2)NC(=S)N1c1ccc(NS(C)(=O)=O)c(C)c1. The summed E-state index contributed by atoms with van der Waals surface area (Å²) in [5, 5.41) is 3.93. The van der Waals surface area contributed by atoms with Crippen LogP contribution >= 0.6 is 12.2 Å². The van der Waals surface area contributed by atoms with Gasteiger partial charge in [-0.1, -0.05) is 18.2 Å². The van der Waals surface area contributed by atoms with Crippen LogP contribution in [0.3, 0.4) is 0 Å². The molecule has 0 amide bonds. The minimum absolute atomic E-state index is 0.313. The minimum atomic E-state index is -3.43. The highest BCUT2D eigenvalue weighted by Crippen LogP contribution is 2.43. The van der Waals surface area contributed by atoms with E-state index in [2.05, 4.69) is 15.0 Å². The fourth-order valence-corrected chi connectivity index (χ4v) is 5.84. The maximum absolute atomic E-state index is 12.6. The van der Waals surface area contributed by atoms with Crippen molar-refractivity contribution < 1.29 is 17.9 Å². The number of hydrogen-bond donors (Lipinski definition) is 2. The van der Waals surface area contributed by atoms with Gasteiger partial charge in [-0.25, -0.2) is 13.2 Å². The molecule has 0 radical (unpaired) electrons. The number of carbonyl (C=O) groups excluding carboxylic acids is 1. The monoisotopic (exact) mass is 561 g/mol. The first-order valence-corrected chi connectivity index (χ1v) is 14.4. The van der Waals surface area contributed by atoms with Gasteiger partial charge in [0.1, 0.15) is 6.04 Å². The summed E-state index contributed by atoms with van der Waals surface area (Å²) < 4.78 is 33.2. The highest BCUT2D eigenvalue weighted by molar-refractivity contribution is 7.92. The molecule has 39 heavy (non-hydrogen) atoms. The Morgan fingerprint density at radius 3 is 2.54 bits per heavy atom. The van der Waals surface area contributed by atoms with Crippen LogP contribution in [-0.4, -0.2) is 42.4 Å². The number of aryl methyl sites for hydroxylation is 1. The van der Waals surface area contributed by atoms with Crippen LogP contribution < -0.4 is 14.9 Å². The number of ether oxygens (including phenoxy) is 1. The number of para-hydroxylation sites is 1. The Morgan fingerprint density at radius 1 is 1.08 bits per heavy atom. The number of esters is 1. The molecule has 0 unspecified atom stereocenters. The number of nitrogens with zero attached hydrogens (tertiary/aromatic N) is 3. The molecular weight excluding hydrogens is 534 g/mol. The number of carbonyl (C=O) groups is 1. The zero-order valence-electron chi connectivity index (χ0n) is 21.5. The third-order valence-electron chi connectivity index (χ3n) is 6.53. The zero-order valence-corrected chi connectivity index (χ0v) is 23.2. The number of aromatic nitrogens is 2. The molecule has 4 aromatic rings. The fraction of sp³-hybridized carbons (Fsp3) is 0.179. The molecule has 1 aliphatic heterocycles. The molecule has 3 heterocycles. The second kappa shape index (κ2) is 10.5. The van der Waals surface area contributed by atoms with Crippen LogP contribution in [0, 0.1) is 6.92 Å². The van der Waals surface area contributed by atoms with E-state index in [0.717, 1.165) is 28.9 Å². The van der Waals surface area contributed by atoms with Crippen molar-refractivity contribution in [3.63, 3.8) is 0 Å². The van der Waals surface area contributed by atoms with Gasteiger partial charge in [-0.05, 0) is 79.3 Å². The first kappa shape index (κ1) is 26.4. The summed E-state index contributed by atoms with van der Waals surface area (Å²) in [7, 11) is -2.07. The van der Waals surface area contributed by atoms with Gasteiger partial charge in [0.2, 0.25) is 10.0 Å².